The number of likely N-dealkylation sites (tertiary alicyclic amines) is 1. The molecule has 1 aliphatic heterocycles. The molecule has 6 nitrogen and oxygen atoms in total. The summed E-state index contributed by atoms with van der Waals surface area (Å²) >= 11 is 1.55. The van der Waals surface area contributed by atoms with Crippen molar-refractivity contribution in [2.75, 3.05) is 11.9 Å². The Hall–Kier alpha value is -2.38. The van der Waals surface area contributed by atoms with Gasteiger partial charge in [-0.1, -0.05) is 6.42 Å². The molecule has 1 aromatic carbocycles. The molecular weight excluding hydrogens is 370 g/mol. The van der Waals surface area contributed by atoms with Gasteiger partial charge in [-0.25, -0.2) is 15.0 Å². The van der Waals surface area contributed by atoms with Crippen molar-refractivity contribution in [1.82, 2.24) is 19.9 Å². The quantitative estimate of drug-likeness (QED) is 0.712. The van der Waals surface area contributed by atoms with E-state index in [0.717, 1.165) is 35.5 Å². The minimum absolute atomic E-state index is 0.172. The summed E-state index contributed by atoms with van der Waals surface area (Å²) in [6, 6.07) is 6.02. The molecule has 4 rings (SSSR count). The summed E-state index contributed by atoms with van der Waals surface area (Å²) in [5.74, 6) is -0.172. The van der Waals surface area contributed by atoms with Crippen molar-refractivity contribution in [2.45, 2.75) is 52.6 Å². The van der Waals surface area contributed by atoms with Gasteiger partial charge < -0.3 is 0 Å². The van der Waals surface area contributed by atoms with Crippen molar-refractivity contribution in [1.29, 1.82) is 0 Å². The van der Waals surface area contributed by atoms with E-state index in [1.807, 2.05) is 26.1 Å². The lowest BCUT2D eigenvalue weighted by Crippen LogP contribution is -2.36. The summed E-state index contributed by atoms with van der Waals surface area (Å²) in [4.78, 5) is 29.8. The zero-order valence-corrected chi connectivity index (χ0v) is 17.3. The van der Waals surface area contributed by atoms with Crippen LogP contribution in [0.3, 0.4) is 0 Å². The highest BCUT2D eigenvalue weighted by atomic mass is 32.1. The Bertz CT molecular complexity index is 1020. The van der Waals surface area contributed by atoms with Crippen LogP contribution in [0.2, 0.25) is 0 Å². The third-order valence-electron chi connectivity index (χ3n) is 5.41. The Morgan fingerprint density at radius 3 is 2.79 bits per heavy atom. The van der Waals surface area contributed by atoms with Gasteiger partial charge in [0.05, 0.1) is 22.4 Å². The molecular formula is C21H25N5OS. The van der Waals surface area contributed by atoms with E-state index < -0.39 is 0 Å². The van der Waals surface area contributed by atoms with E-state index in [-0.39, 0.29) is 5.91 Å². The standard InChI is InChI=1S/C21H25N5OS/c1-13-6-4-5-9-26(13)12-17-11-22-21(28-17)25-20(27)16-7-8-18-19(10-16)24-15(3)14(2)23-18/h7-8,10-11,13H,4-6,9,12H2,1-3H3,(H,22,25,27). The van der Waals surface area contributed by atoms with E-state index >= 15 is 0 Å². The molecule has 3 aromatic rings. The second kappa shape index (κ2) is 7.93. The minimum atomic E-state index is -0.172. The number of amides is 1. The fourth-order valence-corrected chi connectivity index (χ4v) is 4.41. The van der Waals surface area contributed by atoms with Gasteiger partial charge in [-0.2, -0.15) is 0 Å². The second-order valence-corrected chi connectivity index (χ2v) is 8.61. The number of rotatable bonds is 4. The van der Waals surface area contributed by atoms with Crippen LogP contribution in [0, 0.1) is 13.8 Å². The molecule has 1 aliphatic rings. The monoisotopic (exact) mass is 395 g/mol. The average molecular weight is 396 g/mol. The maximum atomic E-state index is 12.7. The molecule has 2 aromatic heterocycles. The molecule has 0 saturated carbocycles. The number of thiazole rings is 1. The number of aromatic nitrogens is 3. The highest BCUT2D eigenvalue weighted by molar-refractivity contribution is 7.15. The number of benzene rings is 1. The average Bonchev–Trinajstić information content (AvgIpc) is 3.11. The predicted molar refractivity (Wildman–Crippen MR) is 113 cm³/mol. The first-order chi connectivity index (χ1) is 13.5. The van der Waals surface area contributed by atoms with Crippen LogP contribution in [0.25, 0.3) is 11.0 Å². The zero-order chi connectivity index (χ0) is 19.7. The topological polar surface area (TPSA) is 71.0 Å². The van der Waals surface area contributed by atoms with Crippen LogP contribution in [0.4, 0.5) is 5.13 Å². The zero-order valence-electron chi connectivity index (χ0n) is 16.5. The van der Waals surface area contributed by atoms with E-state index in [1.165, 1.54) is 24.1 Å². The van der Waals surface area contributed by atoms with E-state index in [1.54, 1.807) is 23.5 Å². The summed E-state index contributed by atoms with van der Waals surface area (Å²) < 4.78 is 0. The second-order valence-electron chi connectivity index (χ2n) is 7.50. The first kappa shape index (κ1) is 19.0. The van der Waals surface area contributed by atoms with Crippen LogP contribution in [0.5, 0.6) is 0 Å². The highest BCUT2D eigenvalue weighted by Crippen LogP contribution is 2.25. The number of anilines is 1. The summed E-state index contributed by atoms with van der Waals surface area (Å²) in [7, 11) is 0. The lowest BCUT2D eigenvalue weighted by Gasteiger charge is -2.32. The van der Waals surface area contributed by atoms with Gasteiger partial charge in [0.1, 0.15) is 0 Å². The Labute approximate surface area is 169 Å². The molecule has 0 radical (unpaired) electrons. The van der Waals surface area contributed by atoms with E-state index in [0.29, 0.717) is 16.7 Å². The molecule has 3 heterocycles. The molecule has 7 heteroatoms. The van der Waals surface area contributed by atoms with Crippen LogP contribution < -0.4 is 5.32 Å². The molecule has 0 bridgehead atoms. The van der Waals surface area contributed by atoms with Crippen LogP contribution >= 0.6 is 11.3 Å². The van der Waals surface area contributed by atoms with Gasteiger partial charge >= 0.3 is 0 Å². The third kappa shape index (κ3) is 4.05. The van der Waals surface area contributed by atoms with E-state index in [2.05, 4.69) is 32.1 Å². The van der Waals surface area contributed by atoms with Crippen molar-refractivity contribution < 1.29 is 4.79 Å². The number of hydrogen-bond donors (Lipinski definition) is 1. The van der Waals surface area contributed by atoms with Gasteiger partial charge in [-0.3, -0.25) is 15.0 Å². The number of hydrogen-bond acceptors (Lipinski definition) is 6. The molecule has 0 aliphatic carbocycles. The Morgan fingerprint density at radius 1 is 1.21 bits per heavy atom. The van der Waals surface area contributed by atoms with E-state index in [9.17, 15) is 4.79 Å². The van der Waals surface area contributed by atoms with Gasteiger partial charge in [0.25, 0.3) is 5.91 Å². The largest absolute Gasteiger partial charge is 0.298 e. The number of carbonyl (C=O) groups is 1. The maximum absolute atomic E-state index is 12.7. The minimum Gasteiger partial charge on any atom is -0.298 e. The first-order valence-electron chi connectivity index (χ1n) is 9.75. The van der Waals surface area contributed by atoms with Gasteiger partial charge in [0.15, 0.2) is 5.13 Å². The predicted octanol–water partition coefficient (Wildman–Crippen LogP) is 4.33. The molecule has 1 unspecified atom stereocenters. The van der Waals surface area contributed by atoms with Gasteiger partial charge in [-0.05, 0) is 58.4 Å². The highest BCUT2D eigenvalue weighted by Gasteiger charge is 2.19. The molecule has 1 atom stereocenters. The molecule has 1 amide bonds. The molecule has 0 spiro atoms. The van der Waals surface area contributed by atoms with Crippen LogP contribution in [-0.2, 0) is 6.54 Å². The molecule has 1 fully saturated rings. The number of carbonyl (C=O) groups excluding carboxylic acids is 1. The summed E-state index contributed by atoms with van der Waals surface area (Å²) in [5.41, 5.74) is 3.87. The first-order valence-corrected chi connectivity index (χ1v) is 10.6. The number of nitrogens with zero attached hydrogens (tertiary/aromatic N) is 4. The number of fused-ring (bicyclic) bond motifs is 1. The maximum Gasteiger partial charge on any atom is 0.257 e. The fourth-order valence-electron chi connectivity index (χ4n) is 3.57. The lowest BCUT2D eigenvalue weighted by molar-refractivity contribution is 0.102. The van der Waals surface area contributed by atoms with Gasteiger partial charge in [0.2, 0.25) is 0 Å². The molecule has 1 saturated heterocycles. The Morgan fingerprint density at radius 2 is 2.00 bits per heavy atom. The lowest BCUT2D eigenvalue weighted by atomic mass is 10.0. The summed E-state index contributed by atoms with van der Waals surface area (Å²) in [6.45, 7) is 8.19. The van der Waals surface area contributed by atoms with Crippen LogP contribution in [0.15, 0.2) is 24.4 Å². The van der Waals surface area contributed by atoms with Crippen molar-refractivity contribution >= 4 is 33.4 Å². The van der Waals surface area contributed by atoms with E-state index in [4.69, 9.17) is 0 Å². The number of aryl methyl sites for hydroxylation is 2. The van der Waals surface area contributed by atoms with Gasteiger partial charge in [0, 0.05) is 29.2 Å². The van der Waals surface area contributed by atoms with Gasteiger partial charge in [-0.15, -0.1) is 11.3 Å². The third-order valence-corrected chi connectivity index (χ3v) is 6.31. The number of piperidine rings is 1. The molecule has 1 N–H and O–H groups in total. The SMILES string of the molecule is Cc1nc2ccc(C(=O)Nc3ncc(CN4CCCCC4C)s3)cc2nc1C. The fraction of sp³-hybridized carbons (Fsp3) is 0.429. The smallest absolute Gasteiger partial charge is 0.257 e. The number of nitrogens with one attached hydrogen (secondary N) is 1. The van der Waals surface area contributed by atoms with Crippen LogP contribution in [-0.4, -0.2) is 38.3 Å². The Balaban J connectivity index is 1.46. The molecule has 146 valence electrons. The van der Waals surface area contributed by atoms with Crippen molar-refractivity contribution in [3.8, 4) is 0 Å². The van der Waals surface area contributed by atoms with Crippen molar-refractivity contribution in [3.05, 3.63) is 46.2 Å². The normalized spacial score (nSPS) is 17.8. The Kier molecular flexibility index (Phi) is 5.37. The molecule has 28 heavy (non-hydrogen) atoms. The summed E-state index contributed by atoms with van der Waals surface area (Å²) in [6.07, 6.45) is 5.71. The summed E-state index contributed by atoms with van der Waals surface area (Å²) in [5, 5.41) is 3.55. The van der Waals surface area contributed by atoms with Crippen LogP contribution in [0.1, 0.15) is 52.8 Å². The van der Waals surface area contributed by atoms with Crippen molar-refractivity contribution in [2.24, 2.45) is 0 Å². The van der Waals surface area contributed by atoms with Crippen molar-refractivity contribution in [3.63, 3.8) is 0 Å².